The van der Waals surface area contributed by atoms with Gasteiger partial charge in [-0.05, 0) is 49.3 Å². The Hall–Kier alpha value is -1.18. The molecule has 0 spiro atoms. The maximum atomic E-state index is 5.88. The minimum Gasteiger partial charge on any atom is -0.493 e. The van der Waals surface area contributed by atoms with Crippen LogP contribution in [0.4, 0.5) is 5.69 Å². The largest absolute Gasteiger partial charge is 0.493 e. The van der Waals surface area contributed by atoms with E-state index in [1.165, 1.54) is 25.7 Å². The summed E-state index contributed by atoms with van der Waals surface area (Å²) in [7, 11) is 0. The lowest BCUT2D eigenvalue weighted by molar-refractivity contribution is 0.182. The van der Waals surface area contributed by atoms with E-state index in [1.54, 1.807) is 0 Å². The molecule has 0 saturated heterocycles. The van der Waals surface area contributed by atoms with Gasteiger partial charge in [0.25, 0.3) is 0 Å². The van der Waals surface area contributed by atoms with Crippen LogP contribution in [0.25, 0.3) is 0 Å². The van der Waals surface area contributed by atoms with Gasteiger partial charge in [0, 0.05) is 11.8 Å². The third-order valence-electron chi connectivity index (χ3n) is 3.60. The molecule has 2 nitrogen and oxygen atoms in total. The van der Waals surface area contributed by atoms with Crippen molar-refractivity contribution in [2.45, 2.75) is 39.5 Å². The van der Waals surface area contributed by atoms with Crippen LogP contribution in [0.1, 0.15) is 38.2 Å². The van der Waals surface area contributed by atoms with Crippen LogP contribution in [0.5, 0.6) is 5.75 Å². The summed E-state index contributed by atoms with van der Waals surface area (Å²) in [4.78, 5) is 0. The van der Waals surface area contributed by atoms with E-state index >= 15 is 0 Å². The van der Waals surface area contributed by atoms with Crippen LogP contribution in [0, 0.1) is 18.8 Å². The van der Waals surface area contributed by atoms with Crippen molar-refractivity contribution >= 4 is 5.69 Å². The van der Waals surface area contributed by atoms with Crippen LogP contribution in [-0.4, -0.2) is 6.61 Å². The summed E-state index contributed by atoms with van der Waals surface area (Å²) in [5.74, 6) is 2.50. The van der Waals surface area contributed by atoms with Gasteiger partial charge in [-0.2, -0.15) is 0 Å². The number of rotatable bonds is 3. The summed E-state index contributed by atoms with van der Waals surface area (Å²) < 4.78 is 5.88. The molecule has 0 aromatic heterocycles. The molecular weight excluding hydrogens is 210 g/mol. The molecule has 2 rings (SSSR count). The highest BCUT2D eigenvalue weighted by Gasteiger charge is 2.19. The fourth-order valence-electron chi connectivity index (χ4n) is 2.79. The van der Waals surface area contributed by atoms with Crippen molar-refractivity contribution in [3.05, 3.63) is 23.8 Å². The van der Waals surface area contributed by atoms with Gasteiger partial charge in [-0.1, -0.05) is 19.8 Å². The minimum atomic E-state index is 0.723. The third-order valence-corrected chi connectivity index (χ3v) is 3.60. The Labute approximate surface area is 104 Å². The number of benzene rings is 1. The molecule has 17 heavy (non-hydrogen) atoms. The Kier molecular flexibility index (Phi) is 3.93. The van der Waals surface area contributed by atoms with Gasteiger partial charge in [-0.3, -0.25) is 0 Å². The van der Waals surface area contributed by atoms with Crippen molar-refractivity contribution in [1.82, 2.24) is 0 Å². The molecule has 0 heterocycles. The Balaban J connectivity index is 1.88. The lowest BCUT2D eigenvalue weighted by Crippen LogP contribution is -2.19. The monoisotopic (exact) mass is 233 g/mol. The van der Waals surface area contributed by atoms with Gasteiger partial charge in [0.05, 0.1) is 6.61 Å². The molecule has 0 amide bonds. The summed E-state index contributed by atoms with van der Waals surface area (Å²) in [6, 6.07) is 5.94. The van der Waals surface area contributed by atoms with E-state index < -0.39 is 0 Å². The maximum absolute atomic E-state index is 5.88. The second kappa shape index (κ2) is 5.44. The van der Waals surface area contributed by atoms with E-state index in [0.717, 1.165) is 35.4 Å². The topological polar surface area (TPSA) is 35.2 Å². The number of nitrogen functional groups attached to an aromatic ring is 1. The molecule has 1 aromatic rings. The van der Waals surface area contributed by atoms with Gasteiger partial charge in [-0.15, -0.1) is 0 Å². The smallest absolute Gasteiger partial charge is 0.121 e. The van der Waals surface area contributed by atoms with E-state index in [9.17, 15) is 0 Å². The fourth-order valence-corrected chi connectivity index (χ4v) is 2.79. The maximum Gasteiger partial charge on any atom is 0.121 e. The summed E-state index contributed by atoms with van der Waals surface area (Å²) in [6.45, 7) is 5.23. The lowest BCUT2D eigenvalue weighted by atomic mass is 9.83. The van der Waals surface area contributed by atoms with E-state index in [4.69, 9.17) is 10.5 Å². The van der Waals surface area contributed by atoms with Crippen LogP contribution in [0.3, 0.4) is 0 Å². The molecule has 2 atom stereocenters. The molecule has 2 heteroatoms. The average Bonchev–Trinajstić information content (AvgIpc) is 2.25. The van der Waals surface area contributed by atoms with E-state index in [-0.39, 0.29) is 0 Å². The molecule has 2 N–H and O–H groups in total. The SMILES string of the molecule is Cc1cc(N)cc(OCC2CCCC(C)C2)c1. The first-order valence-electron chi connectivity index (χ1n) is 6.63. The van der Waals surface area contributed by atoms with Crippen molar-refractivity contribution in [2.24, 2.45) is 11.8 Å². The van der Waals surface area contributed by atoms with Crippen molar-refractivity contribution in [3.63, 3.8) is 0 Å². The van der Waals surface area contributed by atoms with Gasteiger partial charge in [0.1, 0.15) is 5.75 Å². The van der Waals surface area contributed by atoms with Gasteiger partial charge < -0.3 is 10.5 Å². The predicted molar refractivity (Wildman–Crippen MR) is 72.2 cm³/mol. The lowest BCUT2D eigenvalue weighted by Gasteiger charge is -2.26. The van der Waals surface area contributed by atoms with E-state index in [0.29, 0.717) is 0 Å². The molecule has 0 aliphatic heterocycles. The summed E-state index contributed by atoms with van der Waals surface area (Å²) in [6.07, 6.45) is 5.35. The zero-order valence-corrected chi connectivity index (χ0v) is 10.9. The molecule has 1 aliphatic carbocycles. The fraction of sp³-hybridized carbons (Fsp3) is 0.600. The third kappa shape index (κ3) is 3.65. The number of hydrogen-bond acceptors (Lipinski definition) is 2. The quantitative estimate of drug-likeness (QED) is 0.806. The average molecular weight is 233 g/mol. The normalized spacial score (nSPS) is 24.6. The van der Waals surface area contributed by atoms with E-state index in [1.807, 2.05) is 19.1 Å². The van der Waals surface area contributed by atoms with Gasteiger partial charge in [-0.25, -0.2) is 0 Å². The number of ether oxygens (including phenoxy) is 1. The second-order valence-corrected chi connectivity index (χ2v) is 5.53. The Morgan fingerprint density at radius 2 is 2.12 bits per heavy atom. The minimum absolute atomic E-state index is 0.723. The molecule has 1 aliphatic rings. The highest BCUT2D eigenvalue weighted by molar-refractivity contribution is 5.47. The van der Waals surface area contributed by atoms with Gasteiger partial charge >= 0.3 is 0 Å². The van der Waals surface area contributed by atoms with E-state index in [2.05, 4.69) is 13.0 Å². The summed E-state index contributed by atoms with van der Waals surface area (Å²) >= 11 is 0. The van der Waals surface area contributed by atoms with Gasteiger partial charge in [0.2, 0.25) is 0 Å². The standard InChI is InChI=1S/C15H23NO/c1-11-4-3-5-13(6-11)10-17-15-8-12(2)7-14(16)9-15/h7-9,11,13H,3-6,10,16H2,1-2H3. The highest BCUT2D eigenvalue weighted by atomic mass is 16.5. The molecule has 1 fully saturated rings. The number of anilines is 1. The molecule has 2 unspecified atom stereocenters. The van der Waals surface area contributed by atoms with Crippen molar-refractivity contribution in [2.75, 3.05) is 12.3 Å². The van der Waals surface area contributed by atoms with Crippen LogP contribution in [0.15, 0.2) is 18.2 Å². The molecule has 1 saturated carbocycles. The van der Waals surface area contributed by atoms with Crippen LogP contribution >= 0.6 is 0 Å². The first-order chi connectivity index (χ1) is 8.13. The Bertz CT molecular complexity index is 355. The van der Waals surface area contributed by atoms with Crippen LogP contribution in [-0.2, 0) is 0 Å². The highest BCUT2D eigenvalue weighted by Crippen LogP contribution is 2.29. The Morgan fingerprint density at radius 1 is 1.29 bits per heavy atom. The summed E-state index contributed by atoms with van der Waals surface area (Å²) in [5.41, 5.74) is 7.76. The van der Waals surface area contributed by atoms with Gasteiger partial charge in [0.15, 0.2) is 0 Å². The molecule has 1 aromatic carbocycles. The molecule has 0 bridgehead atoms. The van der Waals surface area contributed by atoms with Crippen molar-refractivity contribution in [3.8, 4) is 5.75 Å². The number of hydrogen-bond donors (Lipinski definition) is 1. The number of nitrogens with two attached hydrogens (primary N) is 1. The second-order valence-electron chi connectivity index (χ2n) is 5.53. The first kappa shape index (κ1) is 12.3. The van der Waals surface area contributed by atoms with Crippen LogP contribution < -0.4 is 10.5 Å². The zero-order valence-electron chi connectivity index (χ0n) is 10.9. The molecular formula is C15H23NO. The van der Waals surface area contributed by atoms with Crippen molar-refractivity contribution in [1.29, 1.82) is 0 Å². The molecule has 0 radical (unpaired) electrons. The predicted octanol–water partition coefficient (Wildman–Crippen LogP) is 3.78. The number of aryl methyl sites for hydroxylation is 1. The summed E-state index contributed by atoms with van der Waals surface area (Å²) in [5, 5.41) is 0. The zero-order chi connectivity index (χ0) is 12.3. The molecule has 94 valence electrons. The Morgan fingerprint density at radius 3 is 2.82 bits per heavy atom. The van der Waals surface area contributed by atoms with Crippen LogP contribution in [0.2, 0.25) is 0 Å². The van der Waals surface area contributed by atoms with Crippen molar-refractivity contribution < 1.29 is 4.74 Å². The first-order valence-corrected chi connectivity index (χ1v) is 6.63.